The molecule has 1 heterocycles. The molecule has 0 spiro atoms. The summed E-state index contributed by atoms with van der Waals surface area (Å²) in [6.45, 7) is 0. The quantitative estimate of drug-likeness (QED) is 0.454. The van der Waals surface area contributed by atoms with Crippen molar-refractivity contribution in [3.63, 3.8) is 0 Å². The number of cyclic esters (lactones) is 1. The van der Waals surface area contributed by atoms with Gasteiger partial charge in [0.05, 0.1) is 6.42 Å². The molecule has 0 radical (unpaired) electrons. The number of esters is 1. The summed E-state index contributed by atoms with van der Waals surface area (Å²) in [5.74, 6) is -0.424. The molecule has 0 aliphatic carbocycles. The van der Waals surface area contributed by atoms with Crippen molar-refractivity contribution in [2.24, 2.45) is 0 Å². The Kier molecular flexibility index (Phi) is 3.02. The predicted molar refractivity (Wildman–Crippen MR) is 38.3 cm³/mol. The van der Waals surface area contributed by atoms with Crippen LogP contribution in [0.5, 0.6) is 0 Å². The highest BCUT2D eigenvalue weighted by Gasteiger charge is 2.39. The van der Waals surface area contributed by atoms with Gasteiger partial charge in [0.2, 0.25) is 0 Å². The van der Waals surface area contributed by atoms with E-state index in [1.54, 1.807) is 0 Å². The standard InChI is InChI=1S/C7H12O5/c1-10-7(11-2)6-4(8)3-5(9)12-6/h4,6-8H,3H2,1-2H3/t4-,6-/m1/s1. The molecule has 1 aliphatic rings. The lowest BCUT2D eigenvalue weighted by Gasteiger charge is -2.21. The molecule has 0 aromatic heterocycles. The topological polar surface area (TPSA) is 65.0 Å². The molecular formula is C7H12O5. The first-order valence-electron chi connectivity index (χ1n) is 3.62. The van der Waals surface area contributed by atoms with Gasteiger partial charge in [0.15, 0.2) is 12.4 Å². The first-order chi connectivity index (χ1) is 5.69. The molecule has 1 rings (SSSR count). The Bertz CT molecular complexity index is 165. The van der Waals surface area contributed by atoms with Crippen LogP contribution in [-0.4, -0.2) is 43.8 Å². The van der Waals surface area contributed by atoms with Gasteiger partial charge in [-0.15, -0.1) is 0 Å². The second kappa shape index (κ2) is 3.84. The summed E-state index contributed by atoms with van der Waals surface area (Å²) < 4.78 is 14.5. The average Bonchev–Trinajstić information content (AvgIpc) is 2.34. The van der Waals surface area contributed by atoms with Gasteiger partial charge in [-0.3, -0.25) is 4.79 Å². The molecule has 0 aromatic rings. The zero-order valence-corrected chi connectivity index (χ0v) is 7.02. The normalized spacial score (nSPS) is 29.5. The van der Waals surface area contributed by atoms with Crippen LogP contribution >= 0.6 is 0 Å². The van der Waals surface area contributed by atoms with Crippen LogP contribution in [0.4, 0.5) is 0 Å². The molecule has 5 heteroatoms. The van der Waals surface area contributed by atoms with Crippen molar-refractivity contribution >= 4 is 5.97 Å². The Morgan fingerprint density at radius 1 is 1.58 bits per heavy atom. The van der Waals surface area contributed by atoms with Crippen molar-refractivity contribution in [3.05, 3.63) is 0 Å². The van der Waals surface area contributed by atoms with E-state index in [-0.39, 0.29) is 6.42 Å². The van der Waals surface area contributed by atoms with Gasteiger partial charge in [-0.1, -0.05) is 0 Å². The number of carbonyl (C=O) groups excluding carboxylic acids is 1. The lowest BCUT2D eigenvalue weighted by atomic mass is 10.2. The maximum absolute atomic E-state index is 10.7. The first-order valence-corrected chi connectivity index (χ1v) is 3.62. The molecule has 0 bridgehead atoms. The largest absolute Gasteiger partial charge is 0.454 e. The van der Waals surface area contributed by atoms with Gasteiger partial charge in [-0.25, -0.2) is 0 Å². The van der Waals surface area contributed by atoms with Gasteiger partial charge in [0, 0.05) is 14.2 Å². The number of ether oxygens (including phenoxy) is 3. The molecule has 1 N–H and O–H groups in total. The highest BCUT2D eigenvalue weighted by atomic mass is 16.7. The minimum atomic E-state index is -0.831. The van der Waals surface area contributed by atoms with E-state index in [2.05, 4.69) is 0 Å². The van der Waals surface area contributed by atoms with E-state index < -0.39 is 24.5 Å². The van der Waals surface area contributed by atoms with E-state index in [9.17, 15) is 9.90 Å². The summed E-state index contributed by atoms with van der Waals surface area (Å²) in [5, 5.41) is 9.29. The molecule has 0 saturated carbocycles. The number of aliphatic hydroxyl groups is 1. The fourth-order valence-corrected chi connectivity index (χ4v) is 1.17. The first kappa shape index (κ1) is 9.44. The number of carbonyl (C=O) groups is 1. The second-order valence-corrected chi connectivity index (χ2v) is 2.57. The maximum atomic E-state index is 10.7. The highest BCUT2D eigenvalue weighted by Crippen LogP contribution is 2.19. The molecule has 0 amide bonds. The Hall–Kier alpha value is -0.650. The van der Waals surface area contributed by atoms with Gasteiger partial charge in [-0.2, -0.15) is 0 Å². The van der Waals surface area contributed by atoms with Gasteiger partial charge >= 0.3 is 5.97 Å². The van der Waals surface area contributed by atoms with Crippen LogP contribution < -0.4 is 0 Å². The van der Waals surface area contributed by atoms with E-state index in [0.717, 1.165) is 0 Å². The summed E-state index contributed by atoms with van der Waals surface area (Å²) in [6, 6.07) is 0. The summed E-state index contributed by atoms with van der Waals surface area (Å²) in [5.41, 5.74) is 0. The van der Waals surface area contributed by atoms with Crippen LogP contribution in [0.3, 0.4) is 0 Å². The lowest BCUT2D eigenvalue weighted by Crippen LogP contribution is -2.37. The van der Waals surface area contributed by atoms with Crippen LogP contribution in [-0.2, 0) is 19.0 Å². The molecule has 2 atom stereocenters. The Morgan fingerprint density at radius 3 is 2.50 bits per heavy atom. The van der Waals surface area contributed by atoms with Gasteiger partial charge in [0.25, 0.3) is 0 Å². The van der Waals surface area contributed by atoms with Crippen molar-refractivity contribution in [1.82, 2.24) is 0 Å². The SMILES string of the molecule is COC(OC)[C@@H]1OC(=O)C[C@H]1O. The lowest BCUT2D eigenvalue weighted by molar-refractivity contribution is -0.190. The third-order valence-corrected chi connectivity index (χ3v) is 1.76. The third-order valence-electron chi connectivity index (χ3n) is 1.76. The van der Waals surface area contributed by atoms with Gasteiger partial charge < -0.3 is 19.3 Å². The zero-order chi connectivity index (χ0) is 9.14. The number of aliphatic hydroxyl groups excluding tert-OH is 1. The minimum Gasteiger partial charge on any atom is -0.454 e. The van der Waals surface area contributed by atoms with Crippen LogP contribution in [0.15, 0.2) is 0 Å². The Balaban J connectivity index is 2.55. The molecule has 5 nitrogen and oxygen atoms in total. The zero-order valence-electron chi connectivity index (χ0n) is 7.02. The number of rotatable bonds is 3. The average molecular weight is 176 g/mol. The molecule has 12 heavy (non-hydrogen) atoms. The van der Waals surface area contributed by atoms with Crippen molar-refractivity contribution in [2.45, 2.75) is 24.9 Å². The molecule has 1 saturated heterocycles. The molecule has 0 unspecified atom stereocenters. The van der Waals surface area contributed by atoms with Gasteiger partial charge in [-0.05, 0) is 0 Å². The number of methoxy groups -OCH3 is 2. The molecular weight excluding hydrogens is 164 g/mol. The highest BCUT2D eigenvalue weighted by molar-refractivity contribution is 5.72. The van der Waals surface area contributed by atoms with Crippen molar-refractivity contribution in [1.29, 1.82) is 0 Å². The summed E-state index contributed by atoms with van der Waals surface area (Å²) in [7, 11) is 2.85. The van der Waals surface area contributed by atoms with E-state index >= 15 is 0 Å². The Labute approximate surface area is 70.2 Å². The van der Waals surface area contributed by atoms with E-state index in [1.807, 2.05) is 0 Å². The fourth-order valence-electron chi connectivity index (χ4n) is 1.17. The van der Waals surface area contributed by atoms with Gasteiger partial charge in [0.1, 0.15) is 6.10 Å². The summed E-state index contributed by atoms with van der Waals surface area (Å²) >= 11 is 0. The summed E-state index contributed by atoms with van der Waals surface area (Å²) in [4.78, 5) is 10.7. The monoisotopic (exact) mass is 176 g/mol. The number of hydrogen-bond donors (Lipinski definition) is 1. The predicted octanol–water partition coefficient (Wildman–Crippen LogP) is -0.718. The molecule has 1 fully saturated rings. The van der Waals surface area contributed by atoms with E-state index in [0.29, 0.717) is 0 Å². The van der Waals surface area contributed by atoms with Crippen LogP contribution in [0, 0.1) is 0 Å². The van der Waals surface area contributed by atoms with Crippen molar-refractivity contribution < 1.29 is 24.1 Å². The smallest absolute Gasteiger partial charge is 0.309 e. The summed E-state index contributed by atoms with van der Waals surface area (Å²) in [6.07, 6.45) is -2.21. The number of hydrogen-bond acceptors (Lipinski definition) is 5. The van der Waals surface area contributed by atoms with Crippen LogP contribution in [0.25, 0.3) is 0 Å². The van der Waals surface area contributed by atoms with Crippen molar-refractivity contribution in [3.8, 4) is 0 Å². The maximum Gasteiger partial charge on any atom is 0.309 e. The van der Waals surface area contributed by atoms with Crippen molar-refractivity contribution in [2.75, 3.05) is 14.2 Å². The fraction of sp³-hybridized carbons (Fsp3) is 0.857. The molecule has 1 aliphatic heterocycles. The Morgan fingerprint density at radius 2 is 2.17 bits per heavy atom. The van der Waals surface area contributed by atoms with Crippen LogP contribution in [0.2, 0.25) is 0 Å². The van der Waals surface area contributed by atoms with E-state index in [4.69, 9.17) is 14.2 Å². The van der Waals surface area contributed by atoms with Crippen LogP contribution in [0.1, 0.15) is 6.42 Å². The molecule has 70 valence electrons. The third kappa shape index (κ3) is 1.74. The second-order valence-electron chi connectivity index (χ2n) is 2.57. The molecule has 0 aromatic carbocycles. The van der Waals surface area contributed by atoms with E-state index in [1.165, 1.54) is 14.2 Å². The minimum absolute atomic E-state index is 0.00782.